The maximum absolute atomic E-state index is 5.78. The number of aliphatic imine (C=N–C) groups is 1. The van der Waals surface area contributed by atoms with Gasteiger partial charge in [-0.3, -0.25) is 0 Å². The smallest absolute Gasteiger partial charge is 0.189 e. The Morgan fingerprint density at radius 3 is 2.44 bits per heavy atom. The van der Waals surface area contributed by atoms with Crippen molar-refractivity contribution < 1.29 is 0 Å². The molecule has 0 saturated heterocycles. The number of nitrogens with two attached hydrogens (primary N) is 1. The zero-order valence-corrected chi connectivity index (χ0v) is 13.9. The number of nitrogens with one attached hydrogen (secondary N) is 1. The first-order chi connectivity index (χ1) is 7.76. The van der Waals surface area contributed by atoms with Crippen LogP contribution >= 0.6 is 24.0 Å². The molecular formula is C12H22IN5. The standard InChI is InChI=1S/C12H21N5.HI/c1-8-6-10(16-9(2)15-8)7-14-11(13)17-12(3,4)5;/h6H,7H2,1-5H3,(H3,13,14,17);1H. The summed E-state index contributed by atoms with van der Waals surface area (Å²) in [5.41, 5.74) is 7.53. The normalized spacial score (nSPS) is 11.9. The summed E-state index contributed by atoms with van der Waals surface area (Å²) in [6, 6.07) is 1.92. The summed E-state index contributed by atoms with van der Waals surface area (Å²) in [7, 11) is 0. The van der Waals surface area contributed by atoms with Gasteiger partial charge in [0.05, 0.1) is 12.2 Å². The highest BCUT2D eigenvalue weighted by Crippen LogP contribution is 2.02. The molecule has 0 spiro atoms. The van der Waals surface area contributed by atoms with Crippen molar-refractivity contribution in [2.24, 2.45) is 10.7 Å². The first-order valence-corrected chi connectivity index (χ1v) is 5.65. The van der Waals surface area contributed by atoms with Gasteiger partial charge in [-0.15, -0.1) is 24.0 Å². The molecule has 6 heteroatoms. The van der Waals surface area contributed by atoms with Crippen molar-refractivity contribution in [3.8, 4) is 0 Å². The van der Waals surface area contributed by atoms with E-state index >= 15 is 0 Å². The predicted octanol–water partition coefficient (Wildman–Crippen LogP) is 1.91. The van der Waals surface area contributed by atoms with Gasteiger partial charge in [0.1, 0.15) is 5.82 Å². The Balaban J connectivity index is 0.00000289. The topological polar surface area (TPSA) is 76.2 Å². The highest BCUT2D eigenvalue weighted by molar-refractivity contribution is 14.0. The van der Waals surface area contributed by atoms with Crippen LogP contribution in [0.2, 0.25) is 0 Å². The quantitative estimate of drug-likeness (QED) is 0.478. The van der Waals surface area contributed by atoms with Crippen LogP contribution in [-0.2, 0) is 6.54 Å². The number of rotatable bonds is 2. The van der Waals surface area contributed by atoms with E-state index in [-0.39, 0.29) is 29.5 Å². The third kappa shape index (κ3) is 6.73. The van der Waals surface area contributed by atoms with Crippen molar-refractivity contribution in [2.45, 2.75) is 46.7 Å². The number of aryl methyl sites for hydroxylation is 2. The Kier molecular flexibility index (Phi) is 6.51. The third-order valence-corrected chi connectivity index (χ3v) is 1.93. The Labute approximate surface area is 126 Å². The highest BCUT2D eigenvalue weighted by atomic mass is 127. The third-order valence-electron chi connectivity index (χ3n) is 1.93. The van der Waals surface area contributed by atoms with Gasteiger partial charge in [0.2, 0.25) is 0 Å². The van der Waals surface area contributed by atoms with Crippen LogP contribution in [-0.4, -0.2) is 21.5 Å². The molecule has 5 nitrogen and oxygen atoms in total. The summed E-state index contributed by atoms with van der Waals surface area (Å²) in [6.45, 7) is 10.4. The van der Waals surface area contributed by atoms with E-state index in [0.717, 1.165) is 17.2 Å². The van der Waals surface area contributed by atoms with Crippen molar-refractivity contribution in [1.82, 2.24) is 15.3 Å². The molecule has 0 unspecified atom stereocenters. The number of hydrogen-bond donors (Lipinski definition) is 2. The molecule has 1 aromatic heterocycles. The molecule has 3 N–H and O–H groups in total. The largest absolute Gasteiger partial charge is 0.370 e. The van der Waals surface area contributed by atoms with E-state index in [4.69, 9.17) is 5.73 Å². The number of hydrogen-bond acceptors (Lipinski definition) is 3. The number of nitrogens with zero attached hydrogens (tertiary/aromatic N) is 3. The molecule has 0 bridgehead atoms. The fourth-order valence-electron chi connectivity index (χ4n) is 1.46. The molecule has 0 radical (unpaired) electrons. The summed E-state index contributed by atoms with van der Waals surface area (Å²) in [4.78, 5) is 12.8. The Morgan fingerprint density at radius 1 is 1.33 bits per heavy atom. The lowest BCUT2D eigenvalue weighted by atomic mass is 10.1. The molecule has 0 saturated carbocycles. The van der Waals surface area contributed by atoms with Crippen LogP contribution in [0.15, 0.2) is 11.1 Å². The monoisotopic (exact) mass is 363 g/mol. The molecular weight excluding hydrogens is 341 g/mol. The number of guanidine groups is 1. The summed E-state index contributed by atoms with van der Waals surface area (Å²) in [5, 5.41) is 3.10. The van der Waals surface area contributed by atoms with Gasteiger partial charge >= 0.3 is 0 Å². The van der Waals surface area contributed by atoms with Gasteiger partial charge in [-0.05, 0) is 40.7 Å². The van der Waals surface area contributed by atoms with Gasteiger partial charge in [-0.1, -0.05) is 0 Å². The molecule has 102 valence electrons. The molecule has 18 heavy (non-hydrogen) atoms. The van der Waals surface area contributed by atoms with E-state index in [9.17, 15) is 0 Å². The van der Waals surface area contributed by atoms with Crippen molar-refractivity contribution >= 4 is 29.9 Å². The van der Waals surface area contributed by atoms with Crippen molar-refractivity contribution in [2.75, 3.05) is 0 Å². The van der Waals surface area contributed by atoms with Gasteiger partial charge < -0.3 is 11.1 Å². The maximum atomic E-state index is 5.78. The minimum absolute atomic E-state index is 0. The average Bonchev–Trinajstić information content (AvgIpc) is 2.10. The average molecular weight is 363 g/mol. The Bertz CT molecular complexity index is 403. The van der Waals surface area contributed by atoms with E-state index in [1.165, 1.54) is 0 Å². The Hall–Kier alpha value is -0.920. The number of aromatic nitrogens is 2. The molecule has 1 heterocycles. The molecule has 0 atom stereocenters. The SMILES string of the molecule is Cc1cc(CN=C(N)NC(C)(C)C)nc(C)n1.I. The van der Waals surface area contributed by atoms with E-state index in [0.29, 0.717) is 12.5 Å². The first-order valence-electron chi connectivity index (χ1n) is 5.65. The zero-order valence-electron chi connectivity index (χ0n) is 11.6. The summed E-state index contributed by atoms with van der Waals surface area (Å²) < 4.78 is 0. The molecule has 0 fully saturated rings. The lowest BCUT2D eigenvalue weighted by molar-refractivity contribution is 0.508. The predicted molar refractivity (Wildman–Crippen MR) is 85.1 cm³/mol. The van der Waals surface area contributed by atoms with Crippen LogP contribution in [0.4, 0.5) is 0 Å². The second-order valence-corrected chi connectivity index (χ2v) is 5.12. The summed E-state index contributed by atoms with van der Waals surface area (Å²) in [5.74, 6) is 1.20. The van der Waals surface area contributed by atoms with Gasteiger partial charge in [0.25, 0.3) is 0 Å². The molecule has 0 aromatic carbocycles. The first kappa shape index (κ1) is 17.1. The molecule has 0 aliphatic carbocycles. The summed E-state index contributed by atoms with van der Waals surface area (Å²) in [6.07, 6.45) is 0. The maximum Gasteiger partial charge on any atom is 0.189 e. The lowest BCUT2D eigenvalue weighted by Gasteiger charge is -2.20. The van der Waals surface area contributed by atoms with Crippen molar-refractivity contribution in [3.63, 3.8) is 0 Å². The van der Waals surface area contributed by atoms with E-state index < -0.39 is 0 Å². The summed E-state index contributed by atoms with van der Waals surface area (Å²) >= 11 is 0. The zero-order chi connectivity index (χ0) is 13.1. The van der Waals surface area contributed by atoms with Crippen LogP contribution < -0.4 is 11.1 Å². The molecule has 0 amide bonds. The minimum Gasteiger partial charge on any atom is -0.370 e. The Morgan fingerprint density at radius 2 is 1.94 bits per heavy atom. The van der Waals surface area contributed by atoms with Crippen LogP contribution in [0, 0.1) is 13.8 Å². The molecule has 0 aliphatic heterocycles. The molecule has 0 aliphatic rings. The van der Waals surface area contributed by atoms with Gasteiger partial charge in [-0.25, -0.2) is 15.0 Å². The van der Waals surface area contributed by atoms with Gasteiger partial charge in [-0.2, -0.15) is 0 Å². The van der Waals surface area contributed by atoms with Crippen LogP contribution in [0.25, 0.3) is 0 Å². The minimum atomic E-state index is -0.0783. The fraction of sp³-hybridized carbons (Fsp3) is 0.583. The highest BCUT2D eigenvalue weighted by Gasteiger charge is 2.09. The van der Waals surface area contributed by atoms with Gasteiger partial charge in [0, 0.05) is 11.2 Å². The second kappa shape index (κ2) is 6.86. The van der Waals surface area contributed by atoms with Crippen LogP contribution in [0.1, 0.15) is 38.0 Å². The van der Waals surface area contributed by atoms with Crippen molar-refractivity contribution in [1.29, 1.82) is 0 Å². The van der Waals surface area contributed by atoms with E-state index in [1.807, 2.05) is 40.7 Å². The van der Waals surface area contributed by atoms with Gasteiger partial charge in [0.15, 0.2) is 5.96 Å². The number of halogens is 1. The molecule has 1 rings (SSSR count). The fourth-order valence-corrected chi connectivity index (χ4v) is 1.46. The second-order valence-electron chi connectivity index (χ2n) is 5.12. The van der Waals surface area contributed by atoms with Crippen LogP contribution in [0.5, 0.6) is 0 Å². The van der Waals surface area contributed by atoms with E-state index in [1.54, 1.807) is 0 Å². The molecule has 1 aromatic rings. The van der Waals surface area contributed by atoms with E-state index in [2.05, 4.69) is 20.3 Å². The van der Waals surface area contributed by atoms with Crippen molar-refractivity contribution in [3.05, 3.63) is 23.3 Å². The lowest BCUT2D eigenvalue weighted by Crippen LogP contribution is -2.45. The van der Waals surface area contributed by atoms with Crippen LogP contribution in [0.3, 0.4) is 0 Å².